The molecule has 3 aromatic carbocycles. The van der Waals surface area contributed by atoms with Crippen molar-refractivity contribution in [1.82, 2.24) is 4.90 Å². The minimum absolute atomic E-state index is 0.193. The maximum absolute atomic E-state index is 13.0. The second kappa shape index (κ2) is 9.69. The monoisotopic (exact) mass is 422 g/mol. The minimum atomic E-state index is -3.69. The van der Waals surface area contributed by atoms with E-state index in [0.29, 0.717) is 13.1 Å². The molecule has 0 aromatic heterocycles. The molecule has 3 aromatic rings. The smallest absolute Gasteiger partial charge is 0.235 e. The lowest BCUT2D eigenvalue weighted by Crippen LogP contribution is -2.48. The fourth-order valence-electron chi connectivity index (χ4n) is 3.33. The molecule has 0 heterocycles. The number of nitrogens with zero attached hydrogens (tertiary/aromatic N) is 1. The van der Waals surface area contributed by atoms with Crippen LogP contribution in [0.3, 0.4) is 0 Å². The molecule has 0 fully saturated rings. The van der Waals surface area contributed by atoms with Gasteiger partial charge < -0.3 is 5.73 Å². The highest BCUT2D eigenvalue weighted by molar-refractivity contribution is 7.91. The lowest BCUT2D eigenvalue weighted by Gasteiger charge is -2.29. The van der Waals surface area contributed by atoms with Crippen molar-refractivity contribution in [2.24, 2.45) is 5.73 Å². The molecule has 0 spiro atoms. The SMILES string of the molecule is Cc1ccc(S(=O)(=O)C[C@@H](C(N)=O)N(Cc2ccccc2)Cc2ccccc2)cc1. The first-order valence-corrected chi connectivity index (χ1v) is 11.4. The number of nitrogens with two attached hydrogens (primary N) is 1. The van der Waals surface area contributed by atoms with E-state index in [1.54, 1.807) is 24.3 Å². The number of amides is 1. The third kappa shape index (κ3) is 5.78. The van der Waals surface area contributed by atoms with Gasteiger partial charge in [-0.2, -0.15) is 0 Å². The Morgan fingerprint density at radius 3 is 1.73 bits per heavy atom. The lowest BCUT2D eigenvalue weighted by atomic mass is 10.1. The molecule has 156 valence electrons. The van der Waals surface area contributed by atoms with Crippen molar-refractivity contribution in [3.8, 4) is 0 Å². The molecule has 6 heteroatoms. The summed E-state index contributed by atoms with van der Waals surface area (Å²) in [5, 5.41) is 0. The predicted molar refractivity (Wildman–Crippen MR) is 118 cm³/mol. The maximum atomic E-state index is 13.0. The average Bonchev–Trinajstić information content (AvgIpc) is 2.73. The van der Waals surface area contributed by atoms with Gasteiger partial charge in [-0.15, -0.1) is 0 Å². The molecule has 0 unspecified atom stereocenters. The maximum Gasteiger partial charge on any atom is 0.235 e. The zero-order valence-corrected chi connectivity index (χ0v) is 17.8. The summed E-state index contributed by atoms with van der Waals surface area (Å²) in [6.45, 7) is 2.71. The molecule has 0 saturated heterocycles. The van der Waals surface area contributed by atoms with Crippen molar-refractivity contribution in [2.75, 3.05) is 5.75 Å². The summed E-state index contributed by atoms with van der Waals surface area (Å²) in [7, 11) is -3.69. The summed E-state index contributed by atoms with van der Waals surface area (Å²) in [5.74, 6) is -1.03. The Morgan fingerprint density at radius 1 is 0.833 bits per heavy atom. The van der Waals surface area contributed by atoms with Gasteiger partial charge in [0.2, 0.25) is 5.91 Å². The van der Waals surface area contributed by atoms with Crippen molar-refractivity contribution < 1.29 is 13.2 Å². The molecule has 0 bridgehead atoms. The number of rotatable bonds is 9. The van der Waals surface area contributed by atoms with E-state index < -0.39 is 21.8 Å². The van der Waals surface area contributed by atoms with E-state index in [-0.39, 0.29) is 10.6 Å². The van der Waals surface area contributed by atoms with E-state index in [4.69, 9.17) is 5.73 Å². The van der Waals surface area contributed by atoms with Gasteiger partial charge in [-0.1, -0.05) is 78.4 Å². The molecule has 1 amide bonds. The van der Waals surface area contributed by atoms with Gasteiger partial charge in [0.15, 0.2) is 9.84 Å². The van der Waals surface area contributed by atoms with Crippen molar-refractivity contribution in [2.45, 2.75) is 31.0 Å². The van der Waals surface area contributed by atoms with Gasteiger partial charge in [-0.05, 0) is 30.2 Å². The topological polar surface area (TPSA) is 80.5 Å². The zero-order chi connectivity index (χ0) is 21.6. The molecule has 2 N–H and O–H groups in total. The quantitative estimate of drug-likeness (QED) is 0.574. The summed E-state index contributed by atoms with van der Waals surface area (Å²) in [5.41, 5.74) is 8.64. The van der Waals surface area contributed by atoms with E-state index in [9.17, 15) is 13.2 Å². The highest BCUT2D eigenvalue weighted by atomic mass is 32.2. The van der Waals surface area contributed by atoms with Crippen molar-refractivity contribution >= 4 is 15.7 Å². The molecule has 0 aliphatic carbocycles. The molecule has 5 nitrogen and oxygen atoms in total. The van der Waals surface area contributed by atoms with Gasteiger partial charge >= 0.3 is 0 Å². The van der Waals surface area contributed by atoms with Crippen LogP contribution in [0, 0.1) is 6.92 Å². The Morgan fingerprint density at radius 2 is 1.30 bits per heavy atom. The van der Waals surface area contributed by atoms with Crippen LogP contribution in [-0.4, -0.2) is 31.0 Å². The number of sulfone groups is 1. The predicted octanol–water partition coefficient (Wildman–Crippen LogP) is 3.33. The van der Waals surface area contributed by atoms with E-state index in [2.05, 4.69) is 0 Å². The van der Waals surface area contributed by atoms with Gasteiger partial charge in [0.25, 0.3) is 0 Å². The Bertz CT molecular complexity index is 1020. The molecule has 0 radical (unpaired) electrons. The van der Waals surface area contributed by atoms with E-state index in [1.807, 2.05) is 72.5 Å². The van der Waals surface area contributed by atoms with Crippen LogP contribution in [-0.2, 0) is 27.7 Å². The standard InChI is InChI=1S/C24H26N2O3S/c1-19-12-14-22(15-13-19)30(28,29)18-23(24(25)27)26(16-20-8-4-2-5-9-20)17-21-10-6-3-7-11-21/h2-15,23H,16-18H2,1H3,(H2,25,27)/t23-/m0/s1. The number of carbonyl (C=O) groups excluding carboxylic acids is 1. The molecule has 0 aliphatic rings. The second-order valence-corrected chi connectivity index (χ2v) is 9.42. The summed E-state index contributed by atoms with van der Waals surface area (Å²) >= 11 is 0. The Labute approximate surface area is 178 Å². The van der Waals surface area contributed by atoms with Crippen molar-refractivity contribution in [3.63, 3.8) is 0 Å². The minimum Gasteiger partial charge on any atom is -0.368 e. The fourth-order valence-corrected chi connectivity index (χ4v) is 4.86. The molecule has 3 rings (SSSR count). The number of aryl methyl sites for hydroxylation is 1. The highest BCUT2D eigenvalue weighted by Crippen LogP contribution is 2.19. The summed E-state index contributed by atoms with van der Waals surface area (Å²) in [6.07, 6.45) is 0. The molecule has 30 heavy (non-hydrogen) atoms. The third-order valence-electron chi connectivity index (χ3n) is 4.98. The van der Waals surface area contributed by atoms with Crippen LogP contribution < -0.4 is 5.73 Å². The normalized spacial score (nSPS) is 12.6. The van der Waals surface area contributed by atoms with Gasteiger partial charge in [0.1, 0.15) is 6.04 Å². The van der Waals surface area contributed by atoms with Crippen LogP contribution in [0.25, 0.3) is 0 Å². The number of carbonyl (C=O) groups is 1. The van der Waals surface area contributed by atoms with Crippen LogP contribution in [0.5, 0.6) is 0 Å². The van der Waals surface area contributed by atoms with E-state index >= 15 is 0 Å². The van der Waals surface area contributed by atoms with Gasteiger partial charge in [0.05, 0.1) is 10.6 Å². The molecule has 0 saturated carbocycles. The zero-order valence-electron chi connectivity index (χ0n) is 16.9. The van der Waals surface area contributed by atoms with Crippen LogP contribution in [0.4, 0.5) is 0 Å². The number of benzene rings is 3. The third-order valence-corrected chi connectivity index (χ3v) is 6.73. The first-order valence-electron chi connectivity index (χ1n) is 9.76. The van der Waals surface area contributed by atoms with Gasteiger partial charge in [0, 0.05) is 13.1 Å². The summed E-state index contributed by atoms with van der Waals surface area (Å²) in [6, 6.07) is 25.0. The average molecular weight is 423 g/mol. The van der Waals surface area contributed by atoms with Crippen LogP contribution in [0.1, 0.15) is 16.7 Å². The largest absolute Gasteiger partial charge is 0.368 e. The first kappa shape index (κ1) is 21.7. The molecular formula is C24H26N2O3S. The van der Waals surface area contributed by atoms with Crippen molar-refractivity contribution in [1.29, 1.82) is 0 Å². The lowest BCUT2D eigenvalue weighted by molar-refractivity contribution is -0.123. The molecule has 0 aliphatic heterocycles. The van der Waals surface area contributed by atoms with Crippen LogP contribution in [0.15, 0.2) is 89.8 Å². The van der Waals surface area contributed by atoms with E-state index in [1.165, 1.54) is 0 Å². The summed E-state index contributed by atoms with van der Waals surface area (Å²) in [4.78, 5) is 14.4. The van der Waals surface area contributed by atoms with E-state index in [0.717, 1.165) is 16.7 Å². The number of hydrogen-bond donors (Lipinski definition) is 1. The van der Waals surface area contributed by atoms with Crippen LogP contribution in [0.2, 0.25) is 0 Å². The molecular weight excluding hydrogens is 396 g/mol. The first-order chi connectivity index (χ1) is 14.3. The fraction of sp³-hybridized carbons (Fsp3) is 0.208. The Balaban J connectivity index is 1.92. The Kier molecular flexibility index (Phi) is 7.03. The van der Waals surface area contributed by atoms with Crippen LogP contribution >= 0.6 is 0 Å². The molecule has 1 atom stereocenters. The number of hydrogen-bond acceptors (Lipinski definition) is 4. The number of primary amides is 1. The van der Waals surface area contributed by atoms with Crippen molar-refractivity contribution in [3.05, 3.63) is 102 Å². The Hall–Kier alpha value is -2.96. The summed E-state index contributed by atoms with van der Waals surface area (Å²) < 4.78 is 26.1. The van der Waals surface area contributed by atoms with Gasteiger partial charge in [-0.25, -0.2) is 8.42 Å². The second-order valence-electron chi connectivity index (χ2n) is 7.39. The van der Waals surface area contributed by atoms with Gasteiger partial charge in [-0.3, -0.25) is 9.69 Å². The highest BCUT2D eigenvalue weighted by Gasteiger charge is 2.30.